The van der Waals surface area contributed by atoms with Crippen LogP contribution in [0.1, 0.15) is 5.56 Å². The van der Waals surface area contributed by atoms with Crippen molar-refractivity contribution in [1.29, 1.82) is 0 Å². The number of fused-ring (bicyclic) bond motifs is 1. The van der Waals surface area contributed by atoms with Gasteiger partial charge >= 0.3 is 0 Å². The van der Waals surface area contributed by atoms with E-state index >= 15 is 0 Å². The largest absolute Gasteiger partial charge is 0.454 e. The molecule has 0 saturated heterocycles. The summed E-state index contributed by atoms with van der Waals surface area (Å²) in [6.07, 6.45) is 5.50. The summed E-state index contributed by atoms with van der Waals surface area (Å²) in [5, 5.41) is 0. The van der Waals surface area contributed by atoms with Crippen LogP contribution in [0.25, 0.3) is 6.08 Å². The minimum atomic E-state index is -0.950. The van der Waals surface area contributed by atoms with Crippen molar-refractivity contribution < 1.29 is 13.7 Å². The van der Waals surface area contributed by atoms with Gasteiger partial charge in [-0.25, -0.2) is 0 Å². The first kappa shape index (κ1) is 11.5. The van der Waals surface area contributed by atoms with Crippen molar-refractivity contribution in [2.75, 3.05) is 19.3 Å². The maximum Gasteiger partial charge on any atom is 0.231 e. The molecule has 0 radical (unpaired) electrons. The van der Waals surface area contributed by atoms with E-state index in [1.807, 2.05) is 30.5 Å². The zero-order chi connectivity index (χ0) is 11.5. The highest BCUT2D eigenvalue weighted by Gasteiger charge is 2.12. The minimum Gasteiger partial charge on any atom is -0.454 e. The van der Waals surface area contributed by atoms with Crippen LogP contribution in [0.4, 0.5) is 0 Å². The number of thioether (sulfide) groups is 1. The highest BCUT2D eigenvalue weighted by atomic mass is 32.2. The molecule has 0 spiro atoms. The molecule has 1 atom stereocenters. The highest BCUT2D eigenvalue weighted by Crippen LogP contribution is 2.33. The zero-order valence-corrected chi connectivity index (χ0v) is 10.7. The predicted molar refractivity (Wildman–Crippen MR) is 68.1 cm³/mol. The molecule has 3 nitrogen and oxygen atoms in total. The molecule has 0 aromatic heterocycles. The van der Waals surface area contributed by atoms with Crippen LogP contribution in [0.3, 0.4) is 0 Å². The molecular weight excluding hydrogens is 244 g/mol. The molecule has 1 aromatic rings. The first-order valence-corrected chi connectivity index (χ1v) is 7.48. The number of ether oxygens (including phenoxy) is 2. The summed E-state index contributed by atoms with van der Waals surface area (Å²) in [7, 11) is -0.950. The van der Waals surface area contributed by atoms with Crippen molar-refractivity contribution in [2.45, 2.75) is 0 Å². The molecule has 0 aliphatic carbocycles. The van der Waals surface area contributed by atoms with Crippen LogP contribution in [0.5, 0.6) is 11.5 Å². The Morgan fingerprint density at radius 3 is 2.88 bits per heavy atom. The van der Waals surface area contributed by atoms with E-state index < -0.39 is 10.8 Å². The van der Waals surface area contributed by atoms with Gasteiger partial charge in [0.15, 0.2) is 11.5 Å². The van der Waals surface area contributed by atoms with Gasteiger partial charge in [-0.1, -0.05) is 6.07 Å². The van der Waals surface area contributed by atoms with E-state index in [2.05, 4.69) is 0 Å². The average Bonchev–Trinajstić information content (AvgIpc) is 2.72. The molecule has 2 rings (SSSR count). The van der Waals surface area contributed by atoms with Crippen LogP contribution in [0, 0.1) is 0 Å². The molecule has 0 bridgehead atoms. The van der Waals surface area contributed by atoms with Gasteiger partial charge in [-0.3, -0.25) is 4.21 Å². The summed E-state index contributed by atoms with van der Waals surface area (Å²) in [5.41, 5.74) is 0.976. The highest BCUT2D eigenvalue weighted by molar-refractivity contribution is 8.16. The van der Waals surface area contributed by atoms with E-state index in [4.69, 9.17) is 9.47 Å². The van der Waals surface area contributed by atoms with E-state index in [1.54, 1.807) is 6.26 Å². The molecule has 1 aromatic carbocycles. The summed E-state index contributed by atoms with van der Waals surface area (Å²) in [6.45, 7) is 0.275. The lowest BCUT2D eigenvalue weighted by atomic mass is 10.2. The van der Waals surface area contributed by atoms with Gasteiger partial charge in [0.05, 0.1) is 15.0 Å². The second-order valence-corrected chi connectivity index (χ2v) is 5.69. The summed E-state index contributed by atoms with van der Waals surface area (Å²) in [6, 6.07) is 5.69. The topological polar surface area (TPSA) is 35.5 Å². The van der Waals surface area contributed by atoms with E-state index in [-0.39, 0.29) is 6.79 Å². The fraction of sp³-hybridized carbons (Fsp3) is 0.273. The van der Waals surface area contributed by atoms with Gasteiger partial charge in [-0.05, 0) is 30.0 Å². The molecular formula is C11H12O3S2. The molecule has 0 amide bonds. The first-order chi connectivity index (χ1) is 7.70. The monoisotopic (exact) mass is 256 g/mol. The van der Waals surface area contributed by atoms with Crippen LogP contribution in [-0.4, -0.2) is 23.5 Å². The Morgan fingerprint density at radius 2 is 2.19 bits per heavy atom. The molecule has 86 valence electrons. The third kappa shape index (κ3) is 2.41. The van der Waals surface area contributed by atoms with Gasteiger partial charge in [-0.2, -0.15) is 0 Å². The molecule has 1 aliphatic heterocycles. The molecule has 16 heavy (non-hydrogen) atoms. The second kappa shape index (κ2) is 4.93. The summed E-state index contributed by atoms with van der Waals surface area (Å²) in [4.78, 5) is 0. The second-order valence-electron chi connectivity index (χ2n) is 3.23. The van der Waals surface area contributed by atoms with Gasteiger partial charge in [0, 0.05) is 6.26 Å². The van der Waals surface area contributed by atoms with Crippen LogP contribution in [-0.2, 0) is 10.8 Å². The Balaban J connectivity index is 2.31. The number of benzene rings is 1. The average molecular weight is 256 g/mol. The fourth-order valence-electron chi connectivity index (χ4n) is 1.40. The predicted octanol–water partition coefficient (Wildman–Crippen LogP) is 2.46. The van der Waals surface area contributed by atoms with Crippen molar-refractivity contribution in [3.05, 3.63) is 28.0 Å². The lowest BCUT2D eigenvalue weighted by Gasteiger charge is -2.01. The normalized spacial score (nSPS) is 16.2. The zero-order valence-electron chi connectivity index (χ0n) is 9.06. The van der Waals surface area contributed by atoms with E-state index in [0.29, 0.717) is 0 Å². The first-order valence-electron chi connectivity index (χ1n) is 4.69. The Labute approximate surface area is 101 Å². The molecule has 1 unspecified atom stereocenters. The van der Waals surface area contributed by atoms with Crippen molar-refractivity contribution in [2.24, 2.45) is 0 Å². The Hall–Kier alpha value is -0.940. The minimum absolute atomic E-state index is 0.275. The van der Waals surface area contributed by atoms with E-state index in [1.165, 1.54) is 11.8 Å². The lowest BCUT2D eigenvalue weighted by Crippen LogP contribution is -1.92. The van der Waals surface area contributed by atoms with Crippen molar-refractivity contribution in [3.63, 3.8) is 0 Å². The van der Waals surface area contributed by atoms with Crippen LogP contribution < -0.4 is 9.47 Å². The van der Waals surface area contributed by atoms with Gasteiger partial charge in [0.25, 0.3) is 0 Å². The molecule has 1 aliphatic rings. The summed E-state index contributed by atoms with van der Waals surface area (Å²) >= 11 is 1.50. The van der Waals surface area contributed by atoms with Crippen LogP contribution in [0.2, 0.25) is 0 Å². The molecule has 1 heterocycles. The third-order valence-corrected chi connectivity index (χ3v) is 4.57. The maximum absolute atomic E-state index is 11.4. The van der Waals surface area contributed by atoms with Gasteiger partial charge in [0.1, 0.15) is 0 Å². The van der Waals surface area contributed by atoms with Crippen LogP contribution >= 0.6 is 11.8 Å². The van der Waals surface area contributed by atoms with Gasteiger partial charge in [0.2, 0.25) is 6.79 Å². The van der Waals surface area contributed by atoms with E-state index in [9.17, 15) is 4.21 Å². The number of hydrogen-bond acceptors (Lipinski definition) is 4. The van der Waals surface area contributed by atoms with E-state index in [0.717, 1.165) is 21.3 Å². The van der Waals surface area contributed by atoms with Crippen molar-refractivity contribution >= 4 is 28.6 Å². The van der Waals surface area contributed by atoms with Gasteiger partial charge < -0.3 is 9.47 Å². The number of hydrogen-bond donors (Lipinski definition) is 0. The lowest BCUT2D eigenvalue weighted by molar-refractivity contribution is 0.174. The summed E-state index contributed by atoms with van der Waals surface area (Å²) < 4.78 is 22.7. The number of rotatable bonds is 3. The standard InChI is InChI=1S/C11H12O3S2/c1-15-11(16(2)12)6-8-3-4-9-10(5-8)14-7-13-9/h3-6H,7H2,1-2H3/b11-6+. The van der Waals surface area contributed by atoms with Crippen molar-refractivity contribution in [3.8, 4) is 11.5 Å². The molecule has 0 N–H and O–H groups in total. The SMILES string of the molecule is CS/C(=C\c1ccc2c(c1)OCO2)S(C)=O. The summed E-state index contributed by atoms with van der Waals surface area (Å²) in [5.74, 6) is 1.51. The Bertz CT molecular complexity index is 455. The third-order valence-electron chi connectivity index (χ3n) is 2.17. The molecule has 0 fully saturated rings. The van der Waals surface area contributed by atoms with Crippen LogP contribution in [0.15, 0.2) is 22.4 Å². The Morgan fingerprint density at radius 1 is 1.44 bits per heavy atom. The van der Waals surface area contributed by atoms with Gasteiger partial charge in [-0.15, -0.1) is 11.8 Å². The quantitative estimate of drug-likeness (QED) is 0.832. The molecule has 5 heteroatoms. The Kier molecular flexibility index (Phi) is 3.56. The molecule has 0 saturated carbocycles. The smallest absolute Gasteiger partial charge is 0.231 e. The van der Waals surface area contributed by atoms with Crippen molar-refractivity contribution in [1.82, 2.24) is 0 Å². The maximum atomic E-state index is 11.4. The fourth-order valence-corrected chi connectivity index (χ4v) is 2.89.